The molecule has 13 aromatic rings. The number of fused-ring (bicyclic) bond motifs is 6. The first-order valence-corrected chi connectivity index (χ1v) is 25.4. The third kappa shape index (κ3) is 7.61. The molecule has 0 saturated heterocycles. The largest absolute Gasteiger partial charge is 0.310 e. The summed E-state index contributed by atoms with van der Waals surface area (Å²) in [4.78, 5) is 4.96. The van der Waals surface area contributed by atoms with Crippen LogP contribution in [-0.2, 0) is 0 Å². The van der Waals surface area contributed by atoms with Gasteiger partial charge in [0.15, 0.2) is 0 Å². The Hall–Kier alpha value is -8.54. The summed E-state index contributed by atoms with van der Waals surface area (Å²) >= 11 is 3.70. The Labute approximate surface area is 415 Å². The van der Waals surface area contributed by atoms with Crippen LogP contribution in [0.1, 0.15) is 0 Å². The zero-order valence-corrected chi connectivity index (χ0v) is 39.7. The molecule has 0 fully saturated rings. The summed E-state index contributed by atoms with van der Waals surface area (Å²) in [6.07, 6.45) is 0. The molecule has 330 valence electrons. The molecule has 0 saturated carbocycles. The highest BCUT2D eigenvalue weighted by Crippen LogP contribution is 2.51. The van der Waals surface area contributed by atoms with Gasteiger partial charge in [-0.25, -0.2) is 0 Å². The Bertz CT molecular complexity index is 3720. The smallest absolute Gasteiger partial charge is 0.0561 e. The molecule has 0 amide bonds. The molecule has 0 aliphatic heterocycles. The van der Waals surface area contributed by atoms with Crippen molar-refractivity contribution in [2.24, 2.45) is 0 Å². The average Bonchev–Trinajstić information content (AvgIpc) is 4.00. The summed E-state index contributed by atoms with van der Waals surface area (Å²) in [6.45, 7) is 0. The van der Waals surface area contributed by atoms with E-state index in [1.807, 2.05) is 22.7 Å². The molecule has 0 aliphatic rings. The fourth-order valence-corrected chi connectivity index (χ4v) is 12.2. The molecule has 0 aliphatic carbocycles. The zero-order valence-electron chi connectivity index (χ0n) is 38.1. The minimum atomic E-state index is 1.07. The predicted molar refractivity (Wildman–Crippen MR) is 303 cm³/mol. The van der Waals surface area contributed by atoms with Crippen LogP contribution in [0, 0.1) is 0 Å². The maximum atomic E-state index is 2.48. The van der Waals surface area contributed by atoms with E-state index >= 15 is 0 Å². The van der Waals surface area contributed by atoms with Crippen LogP contribution in [0.25, 0.3) is 84.9 Å². The van der Waals surface area contributed by atoms with Gasteiger partial charge in [0.1, 0.15) is 0 Å². The molecule has 11 aromatic carbocycles. The highest BCUT2D eigenvalue weighted by molar-refractivity contribution is 7.26. The van der Waals surface area contributed by atoms with Crippen molar-refractivity contribution in [1.82, 2.24) is 0 Å². The van der Waals surface area contributed by atoms with Crippen LogP contribution in [0.4, 0.5) is 34.1 Å². The Morgan fingerprint density at radius 2 is 0.529 bits per heavy atom. The summed E-state index contributed by atoms with van der Waals surface area (Å²) < 4.78 is 5.12. The Morgan fingerprint density at radius 3 is 0.929 bits per heavy atom. The van der Waals surface area contributed by atoms with Crippen molar-refractivity contribution in [1.29, 1.82) is 0 Å². The third-order valence-electron chi connectivity index (χ3n) is 13.5. The molecule has 0 bridgehead atoms. The van der Waals surface area contributed by atoms with Crippen molar-refractivity contribution in [3.05, 3.63) is 267 Å². The molecule has 2 heterocycles. The molecule has 0 spiro atoms. The quantitative estimate of drug-likeness (QED) is 0.135. The highest BCUT2D eigenvalue weighted by Gasteiger charge is 2.26. The number of nitrogens with zero attached hydrogens (tertiary/aromatic N) is 2. The molecule has 70 heavy (non-hydrogen) atoms. The fourth-order valence-electron chi connectivity index (χ4n) is 10.1. The molecule has 2 aromatic heterocycles. The lowest BCUT2D eigenvalue weighted by Crippen LogP contribution is -2.15. The van der Waals surface area contributed by atoms with Gasteiger partial charge < -0.3 is 9.80 Å². The third-order valence-corrected chi connectivity index (χ3v) is 15.8. The van der Waals surface area contributed by atoms with Crippen molar-refractivity contribution in [3.63, 3.8) is 0 Å². The van der Waals surface area contributed by atoms with E-state index in [1.54, 1.807) is 0 Å². The van der Waals surface area contributed by atoms with Gasteiger partial charge in [0.25, 0.3) is 0 Å². The molecular weight excluding hydrogens is 885 g/mol. The van der Waals surface area contributed by atoms with Gasteiger partial charge in [-0.15, -0.1) is 22.7 Å². The summed E-state index contributed by atoms with van der Waals surface area (Å²) in [5.74, 6) is 0. The first kappa shape index (κ1) is 41.6. The second-order valence-corrected chi connectivity index (χ2v) is 19.8. The van der Waals surface area contributed by atoms with E-state index < -0.39 is 0 Å². The number of hydrogen-bond donors (Lipinski definition) is 0. The van der Waals surface area contributed by atoms with E-state index in [-0.39, 0.29) is 0 Å². The molecular formula is C66H44N2S2. The van der Waals surface area contributed by atoms with Gasteiger partial charge in [-0.3, -0.25) is 0 Å². The van der Waals surface area contributed by atoms with Gasteiger partial charge >= 0.3 is 0 Å². The lowest BCUT2D eigenvalue weighted by atomic mass is 9.93. The topological polar surface area (TPSA) is 6.48 Å². The summed E-state index contributed by atoms with van der Waals surface area (Å²) in [5, 5.41) is 5.05. The van der Waals surface area contributed by atoms with Gasteiger partial charge in [-0.2, -0.15) is 0 Å². The second-order valence-electron chi connectivity index (χ2n) is 17.7. The number of benzene rings is 11. The van der Waals surface area contributed by atoms with Gasteiger partial charge in [0.05, 0.1) is 11.4 Å². The van der Waals surface area contributed by atoms with E-state index in [9.17, 15) is 0 Å². The van der Waals surface area contributed by atoms with Crippen LogP contribution in [0.3, 0.4) is 0 Å². The van der Waals surface area contributed by atoms with E-state index in [1.165, 1.54) is 62.6 Å². The maximum absolute atomic E-state index is 2.48. The summed E-state index contributed by atoms with van der Waals surface area (Å²) in [7, 11) is 0. The Kier molecular flexibility index (Phi) is 10.6. The van der Waals surface area contributed by atoms with Crippen LogP contribution >= 0.6 is 22.7 Å². The fraction of sp³-hybridized carbons (Fsp3) is 0. The number of rotatable bonds is 10. The van der Waals surface area contributed by atoms with E-state index in [0.717, 1.165) is 56.4 Å². The van der Waals surface area contributed by atoms with Crippen LogP contribution in [0.5, 0.6) is 0 Å². The van der Waals surface area contributed by atoms with Crippen LogP contribution in [-0.4, -0.2) is 0 Å². The molecule has 0 atom stereocenters. The predicted octanol–water partition coefficient (Wildman–Crippen LogP) is 20.0. The van der Waals surface area contributed by atoms with Crippen molar-refractivity contribution < 1.29 is 0 Å². The van der Waals surface area contributed by atoms with Gasteiger partial charge in [-0.1, -0.05) is 182 Å². The van der Waals surface area contributed by atoms with Gasteiger partial charge in [0, 0.05) is 74.2 Å². The van der Waals surface area contributed by atoms with Crippen LogP contribution in [0.2, 0.25) is 0 Å². The minimum absolute atomic E-state index is 1.07. The SMILES string of the molecule is c1ccc(-c2ccc(N(c3ccc4sc5ccccc5c4c3)c3cc(N(c4ccc(-c5ccccc5)cc4)c4ccc5sc6ccccc6c5c4)c(-c4ccccc4)cc3-c3ccccc3)cc2)cc1. The summed E-state index contributed by atoms with van der Waals surface area (Å²) in [5.41, 5.74) is 15.7. The van der Waals surface area contributed by atoms with Crippen LogP contribution < -0.4 is 9.80 Å². The van der Waals surface area contributed by atoms with Crippen LogP contribution in [0.15, 0.2) is 267 Å². The normalized spacial score (nSPS) is 11.4. The molecule has 0 unspecified atom stereocenters. The molecule has 4 heteroatoms. The second kappa shape index (κ2) is 17.8. The molecule has 2 nitrogen and oxygen atoms in total. The zero-order chi connectivity index (χ0) is 46.4. The first-order chi connectivity index (χ1) is 34.7. The van der Waals surface area contributed by atoms with Crippen molar-refractivity contribution in [2.75, 3.05) is 9.80 Å². The number of thiophene rings is 2. The monoisotopic (exact) mass is 928 g/mol. The molecule has 0 N–H and O–H groups in total. The van der Waals surface area contributed by atoms with Crippen molar-refractivity contribution >= 4 is 97.1 Å². The van der Waals surface area contributed by atoms with Crippen molar-refractivity contribution in [3.8, 4) is 44.5 Å². The van der Waals surface area contributed by atoms with Crippen molar-refractivity contribution in [2.45, 2.75) is 0 Å². The molecule has 0 radical (unpaired) electrons. The minimum Gasteiger partial charge on any atom is -0.310 e. The van der Waals surface area contributed by atoms with Gasteiger partial charge in [-0.05, 0) is 118 Å². The Morgan fingerprint density at radius 1 is 0.214 bits per heavy atom. The standard InChI is InChI=1S/C66H44N2S2/c1-5-17-45(18-6-1)47-29-33-51(34-30-47)67(53-37-39-65-59(41-53)55-25-13-15-27-63(55)69-65)61-44-62(58(50-23-11-4-12-24-50)43-57(61)49-21-9-3-10-22-49)68(52-35-31-48(32-36-52)46-19-7-2-8-20-46)54-38-40-66-60(42-54)56-26-14-16-28-64(56)70-66/h1-44H. The average molecular weight is 929 g/mol. The molecule has 13 rings (SSSR count). The van der Waals surface area contributed by atoms with E-state index in [0.29, 0.717) is 0 Å². The summed E-state index contributed by atoms with van der Waals surface area (Å²) in [6, 6.07) is 97.8. The highest BCUT2D eigenvalue weighted by atomic mass is 32.1. The van der Waals surface area contributed by atoms with E-state index in [2.05, 4.69) is 277 Å². The number of anilines is 6. The van der Waals surface area contributed by atoms with Gasteiger partial charge in [0.2, 0.25) is 0 Å². The maximum Gasteiger partial charge on any atom is 0.0561 e. The lowest BCUT2D eigenvalue weighted by molar-refractivity contribution is 1.25. The lowest BCUT2D eigenvalue weighted by Gasteiger charge is -2.33. The number of hydrogen-bond acceptors (Lipinski definition) is 4. The Balaban J connectivity index is 1.11. The van der Waals surface area contributed by atoms with E-state index in [4.69, 9.17) is 0 Å². The first-order valence-electron chi connectivity index (χ1n) is 23.7.